The van der Waals surface area contributed by atoms with Crippen molar-refractivity contribution < 1.29 is 14.2 Å². The molecule has 0 aliphatic carbocycles. The van der Waals surface area contributed by atoms with E-state index in [1.807, 2.05) is 6.92 Å². The summed E-state index contributed by atoms with van der Waals surface area (Å²) in [5.74, 6) is 1.13. The lowest BCUT2D eigenvalue weighted by Crippen LogP contribution is -2.25. The lowest BCUT2D eigenvalue weighted by Gasteiger charge is -2.27. The SMILES string of the molecule is CC(C)COCCOC(C)COCC(C)C(C)(C)C. The van der Waals surface area contributed by atoms with Crippen LogP contribution in [0.2, 0.25) is 0 Å². The molecule has 2 unspecified atom stereocenters. The summed E-state index contributed by atoms with van der Waals surface area (Å²) in [6.45, 7) is 18.9. The van der Waals surface area contributed by atoms with Crippen molar-refractivity contribution in [3.8, 4) is 0 Å². The Hall–Kier alpha value is -0.120. The van der Waals surface area contributed by atoms with Gasteiger partial charge in [-0.05, 0) is 24.2 Å². The standard InChI is InChI=1S/C16H34O3/c1-13(2)10-17-8-9-19-15(4)12-18-11-14(3)16(5,6)7/h13-15H,8-12H2,1-7H3. The fraction of sp³-hybridized carbons (Fsp3) is 1.00. The van der Waals surface area contributed by atoms with Crippen LogP contribution in [0.3, 0.4) is 0 Å². The van der Waals surface area contributed by atoms with Gasteiger partial charge in [0.1, 0.15) is 0 Å². The normalized spacial score (nSPS) is 15.8. The fourth-order valence-corrected chi connectivity index (χ4v) is 1.34. The molecular weight excluding hydrogens is 240 g/mol. The molecule has 0 aromatic heterocycles. The first-order chi connectivity index (χ1) is 8.73. The Morgan fingerprint density at radius 2 is 1.42 bits per heavy atom. The highest BCUT2D eigenvalue weighted by atomic mass is 16.5. The quantitative estimate of drug-likeness (QED) is 0.568. The number of ether oxygens (including phenoxy) is 3. The molecule has 0 amide bonds. The van der Waals surface area contributed by atoms with Crippen molar-refractivity contribution in [1.29, 1.82) is 0 Å². The first-order valence-electron chi connectivity index (χ1n) is 7.50. The number of rotatable bonds is 10. The van der Waals surface area contributed by atoms with Crippen molar-refractivity contribution >= 4 is 0 Å². The van der Waals surface area contributed by atoms with Crippen molar-refractivity contribution in [2.24, 2.45) is 17.3 Å². The molecule has 0 saturated carbocycles. The molecule has 0 heterocycles. The Labute approximate surface area is 120 Å². The van der Waals surface area contributed by atoms with Gasteiger partial charge in [-0.2, -0.15) is 0 Å². The smallest absolute Gasteiger partial charge is 0.0781 e. The molecule has 3 nitrogen and oxygen atoms in total. The van der Waals surface area contributed by atoms with E-state index in [4.69, 9.17) is 14.2 Å². The zero-order valence-corrected chi connectivity index (χ0v) is 14.0. The molecular formula is C16H34O3. The van der Waals surface area contributed by atoms with Crippen LogP contribution < -0.4 is 0 Å². The largest absolute Gasteiger partial charge is 0.379 e. The Kier molecular flexibility index (Phi) is 9.67. The maximum atomic E-state index is 5.71. The van der Waals surface area contributed by atoms with E-state index in [2.05, 4.69) is 41.5 Å². The molecule has 0 fully saturated rings. The van der Waals surface area contributed by atoms with Crippen LogP contribution >= 0.6 is 0 Å². The van der Waals surface area contributed by atoms with Crippen molar-refractivity contribution in [3.63, 3.8) is 0 Å². The van der Waals surface area contributed by atoms with Gasteiger partial charge in [0.25, 0.3) is 0 Å². The van der Waals surface area contributed by atoms with Crippen molar-refractivity contribution in [2.45, 2.75) is 54.6 Å². The third-order valence-corrected chi connectivity index (χ3v) is 3.28. The minimum Gasteiger partial charge on any atom is -0.379 e. The van der Waals surface area contributed by atoms with Gasteiger partial charge in [-0.3, -0.25) is 0 Å². The molecule has 0 rings (SSSR count). The molecule has 0 aromatic carbocycles. The van der Waals surface area contributed by atoms with Crippen LogP contribution in [0.4, 0.5) is 0 Å². The van der Waals surface area contributed by atoms with E-state index >= 15 is 0 Å². The third kappa shape index (κ3) is 11.4. The van der Waals surface area contributed by atoms with Gasteiger partial charge in [-0.1, -0.05) is 41.5 Å². The molecule has 2 atom stereocenters. The summed E-state index contributed by atoms with van der Waals surface area (Å²) in [5.41, 5.74) is 0.300. The molecule has 3 heteroatoms. The summed E-state index contributed by atoms with van der Waals surface area (Å²) in [6, 6.07) is 0. The molecule has 0 radical (unpaired) electrons. The van der Waals surface area contributed by atoms with Crippen molar-refractivity contribution in [3.05, 3.63) is 0 Å². The molecule has 19 heavy (non-hydrogen) atoms. The average molecular weight is 274 g/mol. The molecule has 0 aliphatic heterocycles. The summed E-state index contributed by atoms with van der Waals surface area (Å²) in [5, 5.41) is 0. The van der Waals surface area contributed by atoms with E-state index < -0.39 is 0 Å². The highest BCUT2D eigenvalue weighted by Crippen LogP contribution is 2.25. The molecule has 0 N–H and O–H groups in total. The lowest BCUT2D eigenvalue weighted by molar-refractivity contribution is -0.0429. The van der Waals surface area contributed by atoms with Crippen LogP contribution in [-0.4, -0.2) is 39.1 Å². The fourth-order valence-electron chi connectivity index (χ4n) is 1.34. The maximum Gasteiger partial charge on any atom is 0.0781 e. The van der Waals surface area contributed by atoms with E-state index in [9.17, 15) is 0 Å². The Bertz CT molecular complexity index is 209. The predicted molar refractivity (Wildman–Crippen MR) is 80.5 cm³/mol. The summed E-state index contributed by atoms with van der Waals surface area (Å²) >= 11 is 0. The van der Waals surface area contributed by atoms with Gasteiger partial charge in [-0.15, -0.1) is 0 Å². The minimum atomic E-state index is 0.134. The van der Waals surface area contributed by atoms with Gasteiger partial charge in [0.2, 0.25) is 0 Å². The van der Waals surface area contributed by atoms with Gasteiger partial charge >= 0.3 is 0 Å². The van der Waals surface area contributed by atoms with Gasteiger partial charge < -0.3 is 14.2 Å². The van der Waals surface area contributed by atoms with Crippen molar-refractivity contribution in [2.75, 3.05) is 33.0 Å². The summed E-state index contributed by atoms with van der Waals surface area (Å²) in [7, 11) is 0. The molecule has 0 spiro atoms. The Morgan fingerprint density at radius 1 is 0.789 bits per heavy atom. The van der Waals surface area contributed by atoms with Gasteiger partial charge in [0.05, 0.1) is 25.9 Å². The van der Waals surface area contributed by atoms with Crippen LogP contribution in [0.25, 0.3) is 0 Å². The summed E-state index contributed by atoms with van der Waals surface area (Å²) in [4.78, 5) is 0. The molecule has 116 valence electrons. The Balaban J connectivity index is 3.47. The van der Waals surface area contributed by atoms with Crippen LogP contribution in [0.1, 0.15) is 48.5 Å². The summed E-state index contributed by atoms with van der Waals surface area (Å²) < 4.78 is 16.8. The number of hydrogen-bond donors (Lipinski definition) is 0. The van der Waals surface area contributed by atoms with Crippen LogP contribution in [0.15, 0.2) is 0 Å². The highest BCUT2D eigenvalue weighted by Gasteiger charge is 2.20. The molecule has 0 bridgehead atoms. The second-order valence-electron chi connectivity index (χ2n) is 6.95. The number of hydrogen-bond acceptors (Lipinski definition) is 3. The van der Waals surface area contributed by atoms with Gasteiger partial charge in [0, 0.05) is 13.2 Å². The highest BCUT2D eigenvalue weighted by molar-refractivity contribution is 4.69. The second kappa shape index (κ2) is 9.73. The van der Waals surface area contributed by atoms with E-state index in [1.54, 1.807) is 0 Å². The molecule has 0 saturated heterocycles. The third-order valence-electron chi connectivity index (χ3n) is 3.28. The average Bonchev–Trinajstić information content (AvgIpc) is 2.26. The monoisotopic (exact) mass is 274 g/mol. The predicted octanol–water partition coefficient (Wildman–Crippen LogP) is 3.76. The van der Waals surface area contributed by atoms with Crippen molar-refractivity contribution in [1.82, 2.24) is 0 Å². The van der Waals surface area contributed by atoms with Crippen LogP contribution in [0.5, 0.6) is 0 Å². The van der Waals surface area contributed by atoms with E-state index in [-0.39, 0.29) is 6.10 Å². The molecule has 0 aliphatic rings. The lowest BCUT2D eigenvalue weighted by atomic mass is 9.83. The van der Waals surface area contributed by atoms with E-state index in [1.165, 1.54) is 0 Å². The van der Waals surface area contributed by atoms with Crippen LogP contribution in [-0.2, 0) is 14.2 Å². The Morgan fingerprint density at radius 3 is 1.95 bits per heavy atom. The zero-order chi connectivity index (χ0) is 14.9. The first-order valence-corrected chi connectivity index (χ1v) is 7.50. The maximum absolute atomic E-state index is 5.71. The van der Waals surface area contributed by atoms with Gasteiger partial charge in [-0.25, -0.2) is 0 Å². The van der Waals surface area contributed by atoms with E-state index in [0.29, 0.717) is 37.1 Å². The van der Waals surface area contributed by atoms with Gasteiger partial charge in [0.15, 0.2) is 0 Å². The minimum absolute atomic E-state index is 0.134. The zero-order valence-electron chi connectivity index (χ0n) is 14.0. The first kappa shape index (κ1) is 18.9. The van der Waals surface area contributed by atoms with Crippen LogP contribution in [0, 0.1) is 17.3 Å². The summed E-state index contributed by atoms with van der Waals surface area (Å²) in [6.07, 6.45) is 0.134. The topological polar surface area (TPSA) is 27.7 Å². The van der Waals surface area contributed by atoms with E-state index in [0.717, 1.165) is 13.2 Å². The molecule has 0 aromatic rings. The second-order valence-corrected chi connectivity index (χ2v) is 6.95.